The maximum absolute atomic E-state index is 12.9. The molecule has 0 unspecified atom stereocenters. The SMILES string of the molecule is O=C([C@@H]1C[C@@H](Cc2ccsc2)CN1)N1CCCN(C2CCC2)CC1. The van der Waals surface area contributed by atoms with E-state index in [4.69, 9.17) is 0 Å². The molecule has 3 heterocycles. The van der Waals surface area contributed by atoms with E-state index in [0.29, 0.717) is 11.8 Å². The van der Waals surface area contributed by atoms with Gasteiger partial charge in [-0.3, -0.25) is 9.69 Å². The summed E-state index contributed by atoms with van der Waals surface area (Å²) >= 11 is 1.76. The Labute approximate surface area is 149 Å². The number of thiophene rings is 1. The fraction of sp³-hybridized carbons (Fsp3) is 0.737. The topological polar surface area (TPSA) is 35.6 Å². The van der Waals surface area contributed by atoms with Crippen molar-refractivity contribution in [2.24, 2.45) is 5.92 Å². The lowest BCUT2D eigenvalue weighted by Gasteiger charge is -2.36. The molecular weight excluding hydrogens is 318 g/mol. The summed E-state index contributed by atoms with van der Waals surface area (Å²) in [7, 11) is 0. The molecule has 24 heavy (non-hydrogen) atoms. The summed E-state index contributed by atoms with van der Waals surface area (Å²) in [6, 6.07) is 3.06. The van der Waals surface area contributed by atoms with Gasteiger partial charge in [0.05, 0.1) is 6.04 Å². The first kappa shape index (κ1) is 16.6. The Balaban J connectivity index is 1.27. The molecule has 1 aliphatic carbocycles. The van der Waals surface area contributed by atoms with Crippen LogP contribution in [0.15, 0.2) is 16.8 Å². The number of carbonyl (C=O) groups is 1. The van der Waals surface area contributed by atoms with E-state index in [0.717, 1.165) is 51.5 Å². The highest BCUT2D eigenvalue weighted by molar-refractivity contribution is 7.07. The number of amides is 1. The van der Waals surface area contributed by atoms with Gasteiger partial charge in [0.15, 0.2) is 0 Å². The first-order valence-corrected chi connectivity index (χ1v) is 10.5. The molecule has 2 saturated heterocycles. The standard InChI is InChI=1S/C19H29N3OS/c23-19(18-12-16(13-20-18)11-15-5-10-24-14-15)22-7-2-6-21(8-9-22)17-3-1-4-17/h5,10,14,16-18,20H,1-4,6-9,11-13H2/t16-,18+/m1/s1. The molecule has 1 amide bonds. The van der Waals surface area contributed by atoms with Crippen LogP contribution in [-0.4, -0.2) is 60.5 Å². The summed E-state index contributed by atoms with van der Waals surface area (Å²) in [4.78, 5) is 17.7. The molecule has 2 aliphatic heterocycles. The molecule has 0 aromatic carbocycles. The van der Waals surface area contributed by atoms with E-state index in [1.165, 1.54) is 31.4 Å². The molecule has 5 heteroatoms. The normalized spacial score (nSPS) is 29.4. The maximum Gasteiger partial charge on any atom is 0.239 e. The van der Waals surface area contributed by atoms with Crippen molar-refractivity contribution in [2.75, 3.05) is 32.7 Å². The van der Waals surface area contributed by atoms with Crippen molar-refractivity contribution < 1.29 is 4.79 Å². The summed E-state index contributed by atoms with van der Waals surface area (Å²) in [5.74, 6) is 0.949. The van der Waals surface area contributed by atoms with Crippen LogP contribution in [0.5, 0.6) is 0 Å². The molecule has 1 aromatic rings. The molecular formula is C19H29N3OS. The summed E-state index contributed by atoms with van der Waals surface area (Å²) < 4.78 is 0. The highest BCUT2D eigenvalue weighted by Crippen LogP contribution is 2.26. The minimum absolute atomic E-state index is 0.0453. The molecule has 0 radical (unpaired) electrons. The fourth-order valence-corrected chi connectivity index (χ4v) is 5.07. The van der Waals surface area contributed by atoms with Crippen molar-refractivity contribution >= 4 is 17.2 Å². The van der Waals surface area contributed by atoms with Crippen molar-refractivity contribution in [2.45, 2.75) is 50.6 Å². The molecule has 3 aliphatic rings. The number of hydrogen-bond acceptors (Lipinski definition) is 4. The molecule has 1 saturated carbocycles. The van der Waals surface area contributed by atoms with Gasteiger partial charge in [-0.05, 0) is 67.0 Å². The second-order valence-corrected chi connectivity index (χ2v) is 8.48. The van der Waals surface area contributed by atoms with Crippen LogP contribution < -0.4 is 5.32 Å². The summed E-state index contributed by atoms with van der Waals surface area (Å²) in [6.07, 6.45) is 7.35. The van der Waals surface area contributed by atoms with Crippen LogP contribution in [0.2, 0.25) is 0 Å². The molecule has 4 nitrogen and oxygen atoms in total. The first-order chi connectivity index (χ1) is 11.8. The quantitative estimate of drug-likeness (QED) is 0.908. The van der Waals surface area contributed by atoms with Crippen LogP contribution in [-0.2, 0) is 11.2 Å². The minimum atomic E-state index is 0.0453. The van der Waals surface area contributed by atoms with Crippen molar-refractivity contribution in [1.82, 2.24) is 15.1 Å². The van der Waals surface area contributed by atoms with Crippen molar-refractivity contribution in [3.8, 4) is 0 Å². The van der Waals surface area contributed by atoms with Crippen molar-refractivity contribution in [3.63, 3.8) is 0 Å². The van der Waals surface area contributed by atoms with Gasteiger partial charge in [-0.2, -0.15) is 11.3 Å². The molecule has 132 valence electrons. The lowest BCUT2D eigenvalue weighted by atomic mass is 9.91. The van der Waals surface area contributed by atoms with E-state index in [9.17, 15) is 4.79 Å². The lowest BCUT2D eigenvalue weighted by molar-refractivity contribution is -0.133. The van der Waals surface area contributed by atoms with Crippen LogP contribution in [0.4, 0.5) is 0 Å². The highest BCUT2D eigenvalue weighted by atomic mass is 32.1. The van der Waals surface area contributed by atoms with E-state index >= 15 is 0 Å². The van der Waals surface area contributed by atoms with E-state index in [2.05, 4.69) is 31.9 Å². The van der Waals surface area contributed by atoms with Gasteiger partial charge in [-0.25, -0.2) is 0 Å². The van der Waals surface area contributed by atoms with Crippen molar-refractivity contribution in [1.29, 1.82) is 0 Å². The van der Waals surface area contributed by atoms with Gasteiger partial charge in [0.1, 0.15) is 0 Å². The van der Waals surface area contributed by atoms with Crippen LogP contribution in [0.1, 0.15) is 37.7 Å². The number of carbonyl (C=O) groups excluding carboxylic acids is 1. The van der Waals surface area contributed by atoms with Crippen LogP contribution in [0.3, 0.4) is 0 Å². The molecule has 2 atom stereocenters. The molecule has 0 bridgehead atoms. The van der Waals surface area contributed by atoms with Gasteiger partial charge in [0, 0.05) is 32.2 Å². The molecule has 1 aromatic heterocycles. The number of hydrogen-bond donors (Lipinski definition) is 1. The Bertz CT molecular complexity index is 543. The van der Waals surface area contributed by atoms with E-state index in [1.807, 2.05) is 0 Å². The summed E-state index contributed by atoms with van der Waals surface area (Å²) in [5.41, 5.74) is 1.42. The average molecular weight is 348 g/mol. The third-order valence-electron chi connectivity index (χ3n) is 6.06. The zero-order valence-corrected chi connectivity index (χ0v) is 15.3. The first-order valence-electron chi connectivity index (χ1n) is 9.57. The smallest absolute Gasteiger partial charge is 0.239 e. The molecule has 3 fully saturated rings. The largest absolute Gasteiger partial charge is 0.340 e. The van der Waals surface area contributed by atoms with Gasteiger partial charge < -0.3 is 10.2 Å². The monoisotopic (exact) mass is 347 g/mol. The summed E-state index contributed by atoms with van der Waals surface area (Å²) in [5, 5.41) is 7.87. The lowest BCUT2D eigenvalue weighted by Crippen LogP contribution is -2.46. The van der Waals surface area contributed by atoms with E-state index < -0.39 is 0 Å². The molecule has 0 spiro atoms. The van der Waals surface area contributed by atoms with Crippen LogP contribution >= 0.6 is 11.3 Å². The van der Waals surface area contributed by atoms with Gasteiger partial charge >= 0.3 is 0 Å². The number of nitrogens with one attached hydrogen (secondary N) is 1. The van der Waals surface area contributed by atoms with Gasteiger partial charge in [-0.1, -0.05) is 6.42 Å². The zero-order chi connectivity index (χ0) is 16.4. The minimum Gasteiger partial charge on any atom is -0.340 e. The molecule has 1 N–H and O–H groups in total. The van der Waals surface area contributed by atoms with Crippen molar-refractivity contribution in [3.05, 3.63) is 22.4 Å². The Morgan fingerprint density at radius 2 is 2.12 bits per heavy atom. The Morgan fingerprint density at radius 1 is 1.21 bits per heavy atom. The third-order valence-corrected chi connectivity index (χ3v) is 6.79. The van der Waals surface area contributed by atoms with Crippen LogP contribution in [0.25, 0.3) is 0 Å². The van der Waals surface area contributed by atoms with Gasteiger partial charge in [0.2, 0.25) is 5.91 Å². The average Bonchev–Trinajstić information content (AvgIpc) is 3.15. The number of rotatable bonds is 4. The Morgan fingerprint density at radius 3 is 2.88 bits per heavy atom. The molecule has 4 rings (SSSR count). The maximum atomic E-state index is 12.9. The highest BCUT2D eigenvalue weighted by Gasteiger charge is 2.34. The fourth-order valence-electron chi connectivity index (χ4n) is 4.39. The van der Waals surface area contributed by atoms with E-state index in [1.54, 1.807) is 11.3 Å². The van der Waals surface area contributed by atoms with Crippen LogP contribution in [0, 0.1) is 5.92 Å². The number of nitrogens with zero attached hydrogens (tertiary/aromatic N) is 2. The zero-order valence-electron chi connectivity index (χ0n) is 14.5. The van der Waals surface area contributed by atoms with Gasteiger partial charge in [-0.15, -0.1) is 0 Å². The second-order valence-electron chi connectivity index (χ2n) is 7.70. The second kappa shape index (κ2) is 7.54. The Kier molecular flexibility index (Phi) is 5.20. The van der Waals surface area contributed by atoms with E-state index in [-0.39, 0.29) is 6.04 Å². The predicted molar refractivity (Wildman–Crippen MR) is 98.3 cm³/mol. The Hall–Kier alpha value is -0.910. The predicted octanol–water partition coefficient (Wildman–Crippen LogP) is 2.36. The summed E-state index contributed by atoms with van der Waals surface area (Å²) in [6.45, 7) is 5.08. The third kappa shape index (κ3) is 3.68. The van der Waals surface area contributed by atoms with Gasteiger partial charge in [0.25, 0.3) is 0 Å².